The first-order chi connectivity index (χ1) is 9.45. The summed E-state index contributed by atoms with van der Waals surface area (Å²) in [5.74, 6) is 0.585. The summed E-state index contributed by atoms with van der Waals surface area (Å²) in [7, 11) is 1.85. The van der Waals surface area contributed by atoms with Gasteiger partial charge in [0.2, 0.25) is 0 Å². The van der Waals surface area contributed by atoms with Gasteiger partial charge in [0.1, 0.15) is 11.5 Å². The summed E-state index contributed by atoms with van der Waals surface area (Å²) in [5.41, 5.74) is 6.95. The molecular formula is C13H20N6O. The molecule has 2 heterocycles. The zero-order valence-electron chi connectivity index (χ0n) is 12.0. The van der Waals surface area contributed by atoms with E-state index >= 15 is 0 Å². The van der Waals surface area contributed by atoms with Crippen LogP contribution in [0.15, 0.2) is 18.5 Å². The Balaban J connectivity index is 2.16. The summed E-state index contributed by atoms with van der Waals surface area (Å²) in [6.07, 6.45) is 3.67. The highest BCUT2D eigenvalue weighted by Crippen LogP contribution is 2.12. The van der Waals surface area contributed by atoms with Crippen molar-refractivity contribution in [3.63, 3.8) is 0 Å². The lowest BCUT2D eigenvalue weighted by atomic mass is 10.2. The number of nitrogens with zero attached hydrogens (tertiary/aromatic N) is 4. The summed E-state index contributed by atoms with van der Waals surface area (Å²) >= 11 is 0. The van der Waals surface area contributed by atoms with Crippen LogP contribution in [0.3, 0.4) is 0 Å². The quantitative estimate of drug-likeness (QED) is 0.852. The van der Waals surface area contributed by atoms with E-state index in [0.717, 1.165) is 5.56 Å². The molecule has 0 unspecified atom stereocenters. The molecule has 0 aliphatic rings. The molecule has 1 amide bonds. The third-order valence-electron chi connectivity index (χ3n) is 2.83. The molecule has 2 aromatic rings. The number of rotatable bonds is 5. The molecule has 0 aliphatic heterocycles. The van der Waals surface area contributed by atoms with Crippen LogP contribution in [-0.4, -0.2) is 37.3 Å². The number of nitrogens with two attached hydrogens (primary N) is 1. The van der Waals surface area contributed by atoms with Gasteiger partial charge < -0.3 is 10.6 Å². The third kappa shape index (κ3) is 3.37. The number of nitrogens with one attached hydrogen (secondary N) is 1. The molecule has 0 fully saturated rings. The fourth-order valence-electron chi connectivity index (χ4n) is 2.05. The van der Waals surface area contributed by atoms with Crippen molar-refractivity contribution in [1.29, 1.82) is 0 Å². The largest absolute Gasteiger partial charge is 0.382 e. The van der Waals surface area contributed by atoms with Crippen LogP contribution in [0.2, 0.25) is 0 Å². The molecule has 0 bridgehead atoms. The van der Waals surface area contributed by atoms with Gasteiger partial charge in [0.15, 0.2) is 0 Å². The molecule has 0 aliphatic carbocycles. The van der Waals surface area contributed by atoms with Gasteiger partial charge in [0.05, 0.1) is 6.20 Å². The SMILES string of the molecule is CC(C)CN(Cc1cnn(C)c1)C(=O)c1cc(N)n[nH]1. The highest BCUT2D eigenvalue weighted by atomic mass is 16.2. The molecule has 0 spiro atoms. The van der Waals surface area contributed by atoms with Crippen LogP contribution >= 0.6 is 0 Å². The number of carbonyl (C=O) groups is 1. The van der Waals surface area contributed by atoms with Gasteiger partial charge >= 0.3 is 0 Å². The molecule has 2 rings (SSSR count). The number of anilines is 1. The van der Waals surface area contributed by atoms with Crippen LogP contribution in [0.5, 0.6) is 0 Å². The first-order valence-electron chi connectivity index (χ1n) is 6.53. The number of aromatic amines is 1. The minimum absolute atomic E-state index is 0.105. The van der Waals surface area contributed by atoms with E-state index in [4.69, 9.17) is 5.73 Å². The number of H-pyrrole nitrogens is 1. The number of hydrogen-bond acceptors (Lipinski definition) is 4. The minimum Gasteiger partial charge on any atom is -0.382 e. The van der Waals surface area contributed by atoms with Crippen LogP contribution < -0.4 is 5.73 Å². The van der Waals surface area contributed by atoms with E-state index in [1.807, 2.05) is 13.2 Å². The molecule has 0 aromatic carbocycles. The van der Waals surface area contributed by atoms with Crippen molar-refractivity contribution in [3.05, 3.63) is 29.7 Å². The predicted octanol–water partition coefficient (Wildman–Crippen LogP) is 1.02. The van der Waals surface area contributed by atoms with E-state index in [0.29, 0.717) is 30.5 Å². The van der Waals surface area contributed by atoms with E-state index in [1.54, 1.807) is 21.8 Å². The van der Waals surface area contributed by atoms with Gasteiger partial charge in [0.25, 0.3) is 5.91 Å². The van der Waals surface area contributed by atoms with Gasteiger partial charge in [-0.2, -0.15) is 10.2 Å². The van der Waals surface area contributed by atoms with Crippen molar-refractivity contribution >= 4 is 11.7 Å². The van der Waals surface area contributed by atoms with Gasteiger partial charge in [-0.3, -0.25) is 14.6 Å². The van der Waals surface area contributed by atoms with E-state index in [2.05, 4.69) is 29.1 Å². The van der Waals surface area contributed by atoms with Crippen molar-refractivity contribution in [2.24, 2.45) is 13.0 Å². The van der Waals surface area contributed by atoms with Crippen LogP contribution in [-0.2, 0) is 13.6 Å². The lowest BCUT2D eigenvalue weighted by Gasteiger charge is -2.23. The normalized spacial score (nSPS) is 11.0. The van der Waals surface area contributed by atoms with Crippen LogP contribution in [0, 0.1) is 5.92 Å². The average molecular weight is 276 g/mol. The van der Waals surface area contributed by atoms with Crippen molar-refractivity contribution in [2.75, 3.05) is 12.3 Å². The topological polar surface area (TPSA) is 92.8 Å². The van der Waals surface area contributed by atoms with Crippen LogP contribution in [0.4, 0.5) is 5.82 Å². The Labute approximate surface area is 117 Å². The summed E-state index contributed by atoms with van der Waals surface area (Å²) in [5, 5.41) is 10.6. The number of nitrogen functional groups attached to an aromatic ring is 1. The Morgan fingerprint density at radius 2 is 2.30 bits per heavy atom. The van der Waals surface area contributed by atoms with E-state index < -0.39 is 0 Å². The fourth-order valence-corrected chi connectivity index (χ4v) is 2.05. The maximum Gasteiger partial charge on any atom is 0.272 e. The van der Waals surface area contributed by atoms with Crippen molar-refractivity contribution in [1.82, 2.24) is 24.9 Å². The molecular weight excluding hydrogens is 256 g/mol. The Morgan fingerprint density at radius 1 is 1.55 bits per heavy atom. The first-order valence-corrected chi connectivity index (χ1v) is 6.53. The zero-order chi connectivity index (χ0) is 14.7. The third-order valence-corrected chi connectivity index (χ3v) is 2.83. The van der Waals surface area contributed by atoms with Gasteiger partial charge in [0, 0.05) is 38.0 Å². The minimum atomic E-state index is -0.105. The maximum atomic E-state index is 12.5. The van der Waals surface area contributed by atoms with Gasteiger partial charge in [-0.15, -0.1) is 0 Å². The monoisotopic (exact) mass is 276 g/mol. The first kappa shape index (κ1) is 14.1. The van der Waals surface area contributed by atoms with Crippen LogP contribution in [0.1, 0.15) is 29.9 Å². The van der Waals surface area contributed by atoms with Crippen molar-refractivity contribution in [2.45, 2.75) is 20.4 Å². The lowest BCUT2D eigenvalue weighted by Crippen LogP contribution is -2.33. The van der Waals surface area contributed by atoms with Gasteiger partial charge in [-0.1, -0.05) is 13.8 Å². The molecule has 108 valence electrons. The Bertz CT molecular complexity index is 585. The second kappa shape index (κ2) is 5.77. The zero-order valence-corrected chi connectivity index (χ0v) is 12.0. The second-order valence-corrected chi connectivity index (χ2v) is 5.31. The maximum absolute atomic E-state index is 12.5. The Hall–Kier alpha value is -2.31. The lowest BCUT2D eigenvalue weighted by molar-refractivity contribution is 0.0716. The Morgan fingerprint density at radius 3 is 2.80 bits per heavy atom. The molecule has 2 aromatic heterocycles. The molecule has 7 nitrogen and oxygen atoms in total. The van der Waals surface area contributed by atoms with Crippen LogP contribution in [0.25, 0.3) is 0 Å². The van der Waals surface area contributed by atoms with E-state index in [9.17, 15) is 4.79 Å². The fraction of sp³-hybridized carbons (Fsp3) is 0.462. The molecule has 7 heteroatoms. The highest BCUT2D eigenvalue weighted by Gasteiger charge is 2.19. The average Bonchev–Trinajstić information content (AvgIpc) is 2.96. The summed E-state index contributed by atoms with van der Waals surface area (Å²) < 4.78 is 1.72. The number of hydrogen-bond donors (Lipinski definition) is 2. The van der Waals surface area contributed by atoms with Gasteiger partial charge in [-0.05, 0) is 5.92 Å². The van der Waals surface area contributed by atoms with E-state index in [-0.39, 0.29) is 5.91 Å². The van der Waals surface area contributed by atoms with Crippen molar-refractivity contribution in [3.8, 4) is 0 Å². The summed E-state index contributed by atoms with van der Waals surface area (Å²) in [4.78, 5) is 14.2. The van der Waals surface area contributed by atoms with Crippen molar-refractivity contribution < 1.29 is 4.79 Å². The number of aryl methyl sites for hydroxylation is 1. The smallest absolute Gasteiger partial charge is 0.272 e. The highest BCUT2D eigenvalue weighted by molar-refractivity contribution is 5.92. The molecule has 0 atom stereocenters. The molecule has 3 N–H and O–H groups in total. The molecule has 0 saturated heterocycles. The number of amides is 1. The molecule has 20 heavy (non-hydrogen) atoms. The number of aromatic nitrogens is 4. The number of carbonyl (C=O) groups excluding carboxylic acids is 1. The molecule has 0 radical (unpaired) electrons. The standard InChI is InChI=1S/C13H20N6O/c1-9(2)6-19(8-10-5-15-18(3)7-10)13(20)11-4-12(14)17-16-11/h4-5,7,9H,6,8H2,1-3H3,(H3,14,16,17). The summed E-state index contributed by atoms with van der Waals surface area (Å²) in [6, 6.07) is 1.55. The molecule has 0 saturated carbocycles. The second-order valence-electron chi connectivity index (χ2n) is 5.31. The predicted molar refractivity (Wildman–Crippen MR) is 75.8 cm³/mol. The van der Waals surface area contributed by atoms with E-state index in [1.165, 1.54) is 0 Å². The summed E-state index contributed by atoms with van der Waals surface area (Å²) in [6.45, 7) is 5.33. The Kier molecular flexibility index (Phi) is 4.07. The van der Waals surface area contributed by atoms with Gasteiger partial charge in [-0.25, -0.2) is 0 Å².